The van der Waals surface area contributed by atoms with Gasteiger partial charge in [0.2, 0.25) is 11.9 Å². The van der Waals surface area contributed by atoms with E-state index in [9.17, 15) is 46.0 Å². The topological polar surface area (TPSA) is 314 Å². The summed E-state index contributed by atoms with van der Waals surface area (Å²) in [6.45, 7) is 3.00. The fraction of sp³-hybridized carbons (Fsp3) is 0.138. The molecule has 0 saturated heterocycles. The second kappa shape index (κ2) is 24.7. The molecular formula is C29H25CuFN9Na2O12S3. The number of carbonyl (C=O) groups is 1. The van der Waals surface area contributed by atoms with E-state index in [0.717, 1.165) is 11.5 Å². The molecule has 57 heavy (non-hydrogen) atoms. The number of phenols is 1. The minimum absolute atomic E-state index is 0. The van der Waals surface area contributed by atoms with E-state index in [2.05, 4.69) is 62.3 Å². The monoisotopic (exact) mass is 915 g/mol. The number of ether oxygens (including phenoxy) is 1. The number of aromatic carboxylic acids is 1. The number of sulfone groups is 1. The van der Waals surface area contributed by atoms with Crippen LogP contribution in [-0.4, -0.2) is 83.9 Å². The first-order chi connectivity index (χ1) is 25.7. The normalized spacial score (nSPS) is 11.5. The molecule has 0 aliphatic carbocycles. The third-order valence-electron chi connectivity index (χ3n) is 6.40. The van der Waals surface area contributed by atoms with Crippen molar-refractivity contribution in [1.82, 2.24) is 15.0 Å². The van der Waals surface area contributed by atoms with Crippen LogP contribution in [0.2, 0.25) is 0 Å². The third kappa shape index (κ3) is 16.6. The first kappa shape index (κ1) is 51.9. The number of amidine groups is 1. The molecule has 0 atom stereocenters. The molecule has 1 aromatic heterocycles. The number of carboxylic acid groups (broad SMARTS) is 1. The number of halogens is 1. The molecule has 0 fully saturated rings. The second-order valence-electron chi connectivity index (χ2n) is 10.0. The van der Waals surface area contributed by atoms with Crippen LogP contribution in [0.25, 0.3) is 5.43 Å². The Bertz CT molecular complexity index is 2290. The van der Waals surface area contributed by atoms with Crippen molar-refractivity contribution in [3.63, 3.8) is 0 Å². The number of carboxylic acids is 1. The SMILES string of the molecule is C=CS(=O)(=O)CCOCCNc1nc(F)nc(Nc2cc(S(=O)(=O)[O-])cc(N=N/C(=N\[N-]c3cc(SOO[O-])ccc3C(=O)O)c3ccccc3)c2O)n1.[Cu+].[Na+].[Na+]. The largest absolute Gasteiger partial charge is 1.00 e. The van der Waals surface area contributed by atoms with Crippen molar-refractivity contribution in [1.29, 1.82) is 0 Å². The Morgan fingerprint density at radius 1 is 1.04 bits per heavy atom. The average Bonchev–Trinajstić information content (AvgIpc) is 3.13. The molecule has 4 rings (SSSR count). The number of hydrogen-bond acceptors (Lipinski definition) is 19. The van der Waals surface area contributed by atoms with E-state index in [-0.39, 0.29) is 135 Å². The van der Waals surface area contributed by atoms with E-state index in [4.69, 9.17) is 4.74 Å². The number of hydrogen-bond donors (Lipinski definition) is 4. The maximum Gasteiger partial charge on any atom is 1.00 e. The van der Waals surface area contributed by atoms with Gasteiger partial charge in [0.1, 0.15) is 15.8 Å². The van der Waals surface area contributed by atoms with Gasteiger partial charge in [-0.05, 0) is 24.3 Å². The molecule has 0 radical (unpaired) electrons. The number of nitrogens with zero attached hydrogens (tertiary/aromatic N) is 7. The molecule has 0 aliphatic heterocycles. The van der Waals surface area contributed by atoms with Crippen molar-refractivity contribution in [2.75, 3.05) is 36.1 Å². The molecule has 0 saturated carbocycles. The van der Waals surface area contributed by atoms with Crippen LogP contribution in [0.1, 0.15) is 15.9 Å². The zero-order valence-electron chi connectivity index (χ0n) is 29.4. The van der Waals surface area contributed by atoms with Crippen LogP contribution in [0.5, 0.6) is 5.75 Å². The molecule has 4 N–H and O–H groups in total. The molecule has 4 aromatic rings. The predicted molar refractivity (Wildman–Crippen MR) is 184 cm³/mol. The van der Waals surface area contributed by atoms with Gasteiger partial charge < -0.3 is 45.9 Å². The fourth-order valence-corrected chi connectivity index (χ4v) is 5.34. The maximum absolute atomic E-state index is 14.3. The number of benzene rings is 3. The second-order valence-corrected chi connectivity index (χ2v) is 14.3. The number of phenolic OH excluding ortho intramolecular Hbond substituents is 1. The standard InChI is InChI=1S/C29H28FN9O12S3.Cu.2Na/c1-2-53(44,45)13-12-49-11-10-31-28-33-27(30)34-29(35-28)32-22-15-19(54(46,47)48)16-23(24(22)40)37-39-25(17-6-4-3-5-7-17)38-36-21-14-18(52-51-50-43)8-9-20(21)26(41)42;;;/h2-9,14-16H,1,10-13H2,(H7,31,32,33,34,35,36,37,38,39,40,41,42,43,46,47,48);;;/q;3*+1/p-3. The molecule has 0 unspecified atom stereocenters. The molecule has 28 heteroatoms. The summed E-state index contributed by atoms with van der Waals surface area (Å²) in [6, 6.07) is 12.9. The van der Waals surface area contributed by atoms with Gasteiger partial charge in [0.05, 0.1) is 41.6 Å². The maximum atomic E-state index is 14.3. The van der Waals surface area contributed by atoms with E-state index in [1.807, 2.05) is 0 Å². The van der Waals surface area contributed by atoms with Crippen LogP contribution in [0, 0.1) is 6.08 Å². The van der Waals surface area contributed by atoms with Gasteiger partial charge in [-0.2, -0.15) is 23.7 Å². The number of aromatic nitrogens is 3. The Morgan fingerprint density at radius 2 is 1.74 bits per heavy atom. The van der Waals surface area contributed by atoms with Gasteiger partial charge >= 0.3 is 88.2 Å². The van der Waals surface area contributed by atoms with Crippen molar-refractivity contribution < 1.29 is 136 Å². The zero-order valence-corrected chi connectivity index (χ0v) is 36.8. The molecule has 0 bridgehead atoms. The summed E-state index contributed by atoms with van der Waals surface area (Å²) in [4.78, 5) is 21.9. The molecule has 3 aromatic carbocycles. The van der Waals surface area contributed by atoms with E-state index in [1.165, 1.54) is 24.3 Å². The van der Waals surface area contributed by atoms with Crippen LogP contribution in [0.15, 0.2) is 97.8 Å². The van der Waals surface area contributed by atoms with Crippen LogP contribution in [0.3, 0.4) is 0 Å². The summed E-state index contributed by atoms with van der Waals surface area (Å²) in [5.41, 5.74) is 2.54. The van der Waals surface area contributed by atoms with Gasteiger partial charge in [0.25, 0.3) is 0 Å². The van der Waals surface area contributed by atoms with E-state index in [0.29, 0.717) is 24.2 Å². The molecular weight excluding hydrogens is 891 g/mol. The van der Waals surface area contributed by atoms with Crippen molar-refractivity contribution in [3.8, 4) is 5.75 Å². The van der Waals surface area contributed by atoms with Crippen LogP contribution < -0.4 is 75.0 Å². The van der Waals surface area contributed by atoms with Crippen molar-refractivity contribution in [2.45, 2.75) is 9.79 Å². The number of rotatable bonds is 19. The number of azo groups is 1. The summed E-state index contributed by atoms with van der Waals surface area (Å²) < 4.78 is 82.8. The van der Waals surface area contributed by atoms with Gasteiger partial charge in [-0.15, -0.1) is 15.9 Å². The summed E-state index contributed by atoms with van der Waals surface area (Å²) in [5.74, 6) is -3.69. The molecule has 1 heterocycles. The number of nitrogens with one attached hydrogen (secondary N) is 2. The van der Waals surface area contributed by atoms with E-state index in [1.54, 1.807) is 18.2 Å². The van der Waals surface area contributed by atoms with Gasteiger partial charge in [0, 0.05) is 28.0 Å². The Labute approximate surface area is 382 Å². The summed E-state index contributed by atoms with van der Waals surface area (Å²) in [6.07, 6.45) is -1.31. The van der Waals surface area contributed by atoms with Gasteiger partial charge in [-0.1, -0.05) is 43.0 Å². The first-order valence-corrected chi connectivity index (χ1v) is 18.5. The molecule has 0 amide bonds. The molecule has 0 spiro atoms. The minimum Gasteiger partial charge on any atom is -0.744 e. The van der Waals surface area contributed by atoms with E-state index >= 15 is 0 Å². The summed E-state index contributed by atoms with van der Waals surface area (Å²) in [7, 11) is -8.68. The number of aromatic hydroxyl groups is 1. The molecule has 296 valence electrons. The molecule has 0 aliphatic rings. The Hall–Kier alpha value is -3.15. The first-order valence-electron chi connectivity index (χ1n) is 14.6. The van der Waals surface area contributed by atoms with Gasteiger partial charge in [-0.25, -0.2) is 21.6 Å². The fourth-order valence-electron chi connectivity index (χ4n) is 3.92. The Morgan fingerprint density at radius 3 is 2.39 bits per heavy atom. The zero-order chi connectivity index (χ0) is 39.3. The quantitative estimate of drug-likeness (QED) is 0.00718. The Kier molecular flexibility index (Phi) is 22.5. The number of anilines is 3. The van der Waals surface area contributed by atoms with Crippen LogP contribution in [0.4, 0.5) is 33.3 Å². The minimum atomic E-state index is -5.21. The average molecular weight is 916 g/mol. The van der Waals surface area contributed by atoms with Crippen molar-refractivity contribution in [3.05, 3.63) is 95.3 Å². The Balaban J connectivity index is 0.00000541. The van der Waals surface area contributed by atoms with E-state index < -0.39 is 60.0 Å². The summed E-state index contributed by atoms with van der Waals surface area (Å²) in [5, 5.41) is 51.8. The predicted octanol–water partition coefficient (Wildman–Crippen LogP) is -2.56. The van der Waals surface area contributed by atoms with Crippen molar-refractivity contribution in [2.24, 2.45) is 15.3 Å². The smallest absolute Gasteiger partial charge is 0.744 e. The summed E-state index contributed by atoms with van der Waals surface area (Å²) >= 11 is 0.461. The van der Waals surface area contributed by atoms with Crippen LogP contribution >= 0.6 is 12.0 Å². The molecule has 21 nitrogen and oxygen atoms in total. The third-order valence-corrected chi connectivity index (χ3v) is 9.02. The van der Waals surface area contributed by atoms with Crippen LogP contribution in [-0.2, 0) is 51.1 Å². The van der Waals surface area contributed by atoms with Gasteiger partial charge in [0.15, 0.2) is 21.4 Å². The van der Waals surface area contributed by atoms with Crippen molar-refractivity contribution >= 4 is 72.8 Å². The van der Waals surface area contributed by atoms with Gasteiger partial charge in [-0.3, -0.25) is 5.04 Å².